The van der Waals surface area contributed by atoms with E-state index >= 15 is 0 Å². The summed E-state index contributed by atoms with van der Waals surface area (Å²) in [4.78, 5) is 18.4. The van der Waals surface area contributed by atoms with Crippen molar-refractivity contribution in [2.24, 2.45) is 0 Å². The second kappa shape index (κ2) is 6.58. The highest BCUT2D eigenvalue weighted by Crippen LogP contribution is 2.34. The van der Waals surface area contributed by atoms with E-state index in [1.807, 2.05) is 48.5 Å². The molecule has 2 aromatic heterocycles. The number of rotatable bonds is 3. The van der Waals surface area contributed by atoms with Gasteiger partial charge in [0.1, 0.15) is 10.6 Å². The number of hydrogen-bond acceptors (Lipinski definition) is 4. The standard InChI is InChI=1S/C20H14BrNO2S/c1-2-17-18(12-6-4-3-5-7-12)22-19(25-17)15-11-13-10-14(21)8-9-16(13)24-20(15)23/h3-11H,2H2,1H3. The van der Waals surface area contributed by atoms with Crippen molar-refractivity contribution in [2.75, 3.05) is 0 Å². The molecule has 0 fully saturated rings. The first-order chi connectivity index (χ1) is 12.2. The Morgan fingerprint density at radius 2 is 1.92 bits per heavy atom. The average Bonchev–Trinajstić information content (AvgIpc) is 3.06. The zero-order valence-electron chi connectivity index (χ0n) is 13.5. The van der Waals surface area contributed by atoms with Crippen molar-refractivity contribution < 1.29 is 4.42 Å². The minimum absolute atomic E-state index is 0.356. The Hall–Kier alpha value is -2.24. The summed E-state index contributed by atoms with van der Waals surface area (Å²) < 4.78 is 6.42. The number of halogens is 1. The lowest BCUT2D eigenvalue weighted by atomic mass is 10.1. The molecule has 0 aliphatic carbocycles. The molecule has 2 aromatic carbocycles. The highest BCUT2D eigenvalue weighted by molar-refractivity contribution is 9.10. The maximum Gasteiger partial charge on any atom is 0.346 e. The van der Waals surface area contributed by atoms with Gasteiger partial charge >= 0.3 is 5.63 Å². The van der Waals surface area contributed by atoms with Gasteiger partial charge in [-0.1, -0.05) is 53.2 Å². The van der Waals surface area contributed by atoms with Crippen molar-refractivity contribution in [1.29, 1.82) is 0 Å². The van der Waals surface area contributed by atoms with Gasteiger partial charge in [0.25, 0.3) is 0 Å². The average molecular weight is 412 g/mol. The van der Waals surface area contributed by atoms with Gasteiger partial charge in [0.15, 0.2) is 0 Å². The minimum Gasteiger partial charge on any atom is -0.422 e. The Morgan fingerprint density at radius 1 is 1.12 bits per heavy atom. The minimum atomic E-state index is -0.356. The summed E-state index contributed by atoms with van der Waals surface area (Å²) in [5.41, 5.74) is 2.73. The summed E-state index contributed by atoms with van der Waals surface area (Å²) >= 11 is 5.01. The summed E-state index contributed by atoms with van der Waals surface area (Å²) in [6, 6.07) is 17.5. The van der Waals surface area contributed by atoms with Gasteiger partial charge in [-0.15, -0.1) is 11.3 Å². The number of hydrogen-bond donors (Lipinski definition) is 0. The van der Waals surface area contributed by atoms with E-state index in [4.69, 9.17) is 9.40 Å². The maximum absolute atomic E-state index is 12.5. The molecule has 25 heavy (non-hydrogen) atoms. The van der Waals surface area contributed by atoms with Gasteiger partial charge in [0.05, 0.1) is 11.3 Å². The van der Waals surface area contributed by atoms with Crippen LogP contribution in [0.15, 0.2) is 68.3 Å². The molecule has 0 saturated heterocycles. The monoisotopic (exact) mass is 411 g/mol. The third kappa shape index (κ3) is 3.05. The molecule has 4 aromatic rings. The molecule has 0 bridgehead atoms. The van der Waals surface area contributed by atoms with Crippen LogP contribution in [0.1, 0.15) is 11.8 Å². The predicted octanol–water partition coefficient (Wildman–Crippen LogP) is 5.91. The SMILES string of the molecule is CCc1sc(-c2cc3cc(Br)ccc3oc2=O)nc1-c1ccccc1. The van der Waals surface area contributed by atoms with Crippen LogP contribution in [0.4, 0.5) is 0 Å². The molecule has 0 amide bonds. The normalized spacial score (nSPS) is 11.1. The molecule has 2 heterocycles. The molecule has 0 N–H and O–H groups in total. The van der Waals surface area contributed by atoms with Crippen LogP contribution in [-0.4, -0.2) is 4.98 Å². The molecular weight excluding hydrogens is 398 g/mol. The van der Waals surface area contributed by atoms with Crippen molar-refractivity contribution in [3.63, 3.8) is 0 Å². The molecular formula is C20H14BrNO2S. The third-order valence-corrected chi connectivity index (χ3v) is 5.72. The second-order valence-corrected chi connectivity index (χ2v) is 7.64. The van der Waals surface area contributed by atoms with Gasteiger partial charge < -0.3 is 4.42 Å². The van der Waals surface area contributed by atoms with E-state index in [1.54, 1.807) is 17.4 Å². The van der Waals surface area contributed by atoms with Crippen LogP contribution in [0.25, 0.3) is 32.8 Å². The summed E-state index contributed by atoms with van der Waals surface area (Å²) in [7, 11) is 0. The third-order valence-electron chi connectivity index (χ3n) is 3.99. The lowest BCUT2D eigenvalue weighted by Gasteiger charge is -2.00. The fraction of sp³-hybridized carbons (Fsp3) is 0.100. The Bertz CT molecular complexity index is 1120. The maximum atomic E-state index is 12.5. The van der Waals surface area contributed by atoms with E-state index in [0.29, 0.717) is 16.2 Å². The zero-order chi connectivity index (χ0) is 17.4. The van der Waals surface area contributed by atoms with Crippen LogP contribution in [-0.2, 0) is 6.42 Å². The smallest absolute Gasteiger partial charge is 0.346 e. The van der Waals surface area contributed by atoms with Crippen LogP contribution in [0, 0.1) is 0 Å². The first-order valence-corrected chi connectivity index (χ1v) is 9.55. The Morgan fingerprint density at radius 3 is 2.68 bits per heavy atom. The van der Waals surface area contributed by atoms with E-state index in [2.05, 4.69) is 22.9 Å². The number of fused-ring (bicyclic) bond motifs is 1. The molecule has 0 atom stereocenters. The lowest BCUT2D eigenvalue weighted by Crippen LogP contribution is -2.02. The summed E-state index contributed by atoms with van der Waals surface area (Å²) in [5.74, 6) is 0. The van der Waals surface area contributed by atoms with Gasteiger partial charge in [-0.05, 0) is 30.7 Å². The number of nitrogens with zero attached hydrogens (tertiary/aromatic N) is 1. The van der Waals surface area contributed by atoms with Gasteiger partial charge in [0.2, 0.25) is 0 Å². The van der Waals surface area contributed by atoms with E-state index < -0.39 is 0 Å². The largest absolute Gasteiger partial charge is 0.422 e. The predicted molar refractivity (Wildman–Crippen MR) is 106 cm³/mol. The number of thiazole rings is 1. The Labute approximate surface area is 157 Å². The van der Waals surface area contributed by atoms with Crippen LogP contribution in [0.2, 0.25) is 0 Å². The van der Waals surface area contributed by atoms with Gasteiger partial charge in [-0.3, -0.25) is 0 Å². The quantitative estimate of drug-likeness (QED) is 0.393. The lowest BCUT2D eigenvalue weighted by molar-refractivity contribution is 0.563. The van der Waals surface area contributed by atoms with Crippen LogP contribution < -0.4 is 5.63 Å². The fourth-order valence-corrected chi connectivity index (χ4v) is 4.18. The molecule has 5 heteroatoms. The number of aryl methyl sites for hydroxylation is 1. The summed E-state index contributed by atoms with van der Waals surface area (Å²) in [6.45, 7) is 2.10. The number of aromatic nitrogens is 1. The van der Waals surface area contributed by atoms with Crippen molar-refractivity contribution in [3.05, 3.63) is 74.4 Å². The molecule has 0 radical (unpaired) electrons. The Balaban J connectivity index is 1.90. The second-order valence-electron chi connectivity index (χ2n) is 5.64. The van der Waals surface area contributed by atoms with Crippen molar-refractivity contribution in [1.82, 2.24) is 4.98 Å². The van der Waals surface area contributed by atoms with Crippen molar-refractivity contribution in [2.45, 2.75) is 13.3 Å². The summed E-state index contributed by atoms with van der Waals surface area (Å²) in [6.07, 6.45) is 0.867. The van der Waals surface area contributed by atoms with Gasteiger partial charge in [-0.2, -0.15) is 0 Å². The molecule has 0 saturated carbocycles. The van der Waals surface area contributed by atoms with E-state index in [0.717, 1.165) is 32.4 Å². The van der Waals surface area contributed by atoms with Gasteiger partial charge in [0, 0.05) is 20.3 Å². The summed E-state index contributed by atoms with van der Waals surface area (Å²) in [5, 5.41) is 1.57. The van der Waals surface area contributed by atoms with Crippen LogP contribution in [0.3, 0.4) is 0 Å². The molecule has 0 spiro atoms. The van der Waals surface area contributed by atoms with Crippen molar-refractivity contribution in [3.8, 4) is 21.8 Å². The first kappa shape index (κ1) is 16.2. The van der Waals surface area contributed by atoms with E-state index in [9.17, 15) is 4.79 Å². The Kier molecular flexibility index (Phi) is 4.27. The fourth-order valence-electron chi connectivity index (χ4n) is 2.77. The van der Waals surface area contributed by atoms with E-state index in [1.165, 1.54) is 0 Å². The molecule has 3 nitrogen and oxygen atoms in total. The molecule has 0 unspecified atom stereocenters. The molecule has 0 aliphatic heterocycles. The zero-order valence-corrected chi connectivity index (χ0v) is 15.9. The molecule has 0 aliphatic rings. The molecule has 4 rings (SSSR count). The topological polar surface area (TPSA) is 43.1 Å². The number of benzene rings is 2. The highest BCUT2D eigenvalue weighted by Gasteiger charge is 2.16. The first-order valence-electron chi connectivity index (χ1n) is 7.94. The molecule has 124 valence electrons. The van der Waals surface area contributed by atoms with E-state index in [-0.39, 0.29) is 5.63 Å². The van der Waals surface area contributed by atoms with Gasteiger partial charge in [-0.25, -0.2) is 9.78 Å². The van der Waals surface area contributed by atoms with Crippen molar-refractivity contribution >= 4 is 38.2 Å². The van der Waals surface area contributed by atoms with Crippen LogP contribution in [0.5, 0.6) is 0 Å². The highest BCUT2D eigenvalue weighted by atomic mass is 79.9. The van der Waals surface area contributed by atoms with Crippen LogP contribution >= 0.6 is 27.3 Å².